The van der Waals surface area contributed by atoms with E-state index in [1.807, 2.05) is 0 Å². The zero-order valence-corrected chi connectivity index (χ0v) is 9.82. The lowest BCUT2D eigenvalue weighted by atomic mass is 10.1. The molecule has 5 nitrogen and oxygen atoms in total. The second kappa shape index (κ2) is 4.76. The van der Waals surface area contributed by atoms with E-state index in [4.69, 9.17) is 22.7 Å². The number of hydrogen-bond acceptors (Lipinski definition) is 3. The van der Waals surface area contributed by atoms with E-state index < -0.39 is 5.54 Å². The molecule has 1 rings (SSSR count). The third-order valence-electron chi connectivity index (χ3n) is 2.31. The van der Waals surface area contributed by atoms with Crippen molar-refractivity contribution in [2.45, 2.75) is 31.8 Å². The molecule has 1 aliphatic heterocycles. The van der Waals surface area contributed by atoms with Gasteiger partial charge in [-0.1, -0.05) is 12.2 Å². The van der Waals surface area contributed by atoms with Gasteiger partial charge in [0.25, 0.3) is 0 Å². The predicted octanol–water partition coefficient (Wildman–Crippen LogP) is 0.139. The maximum atomic E-state index is 11.5. The zero-order valence-electron chi connectivity index (χ0n) is 9.00. The van der Waals surface area contributed by atoms with Gasteiger partial charge in [0, 0.05) is 6.61 Å². The predicted molar refractivity (Wildman–Crippen MR) is 61.8 cm³/mol. The third-order valence-corrected chi connectivity index (χ3v) is 2.82. The molecule has 1 unspecified atom stereocenters. The van der Waals surface area contributed by atoms with Crippen molar-refractivity contribution in [1.82, 2.24) is 10.6 Å². The van der Waals surface area contributed by atoms with Crippen LogP contribution < -0.4 is 16.4 Å². The number of nitrogens with two attached hydrogens (primary N) is 1. The minimum Gasteiger partial charge on any atom is -0.391 e. The van der Waals surface area contributed by atoms with Crippen molar-refractivity contribution in [2.24, 2.45) is 5.73 Å². The number of carbonyl (C=O) groups is 1. The van der Waals surface area contributed by atoms with E-state index in [9.17, 15) is 4.79 Å². The fourth-order valence-electron chi connectivity index (χ4n) is 1.22. The van der Waals surface area contributed by atoms with Gasteiger partial charge in [-0.15, -0.1) is 0 Å². The van der Waals surface area contributed by atoms with Crippen molar-refractivity contribution >= 4 is 23.2 Å². The highest BCUT2D eigenvalue weighted by atomic mass is 32.1. The smallest absolute Gasteiger partial charge is 0.315 e. The zero-order chi connectivity index (χ0) is 11.5. The number of nitrogens with one attached hydrogen (secondary N) is 2. The second-order valence-corrected chi connectivity index (χ2v) is 4.59. The molecule has 0 aromatic rings. The molecule has 86 valence electrons. The molecule has 0 aromatic carbocycles. The first kappa shape index (κ1) is 12.2. The molecule has 4 N–H and O–H groups in total. The van der Waals surface area contributed by atoms with Gasteiger partial charge in [0.1, 0.15) is 0 Å². The maximum absolute atomic E-state index is 11.5. The van der Waals surface area contributed by atoms with E-state index in [-0.39, 0.29) is 17.1 Å². The Hall–Kier alpha value is -0.880. The highest BCUT2D eigenvalue weighted by Crippen LogP contribution is 2.05. The van der Waals surface area contributed by atoms with Gasteiger partial charge in [0.15, 0.2) is 0 Å². The minimum absolute atomic E-state index is 0.0899. The standard InChI is InChI=1S/C9H17N3O2S/c1-9(2,7(10)15)12-8(13)11-6-3-4-14-5-6/h6H,3-5H2,1-2H3,(H2,10,15)(H2,11,12,13). The van der Waals surface area contributed by atoms with Crippen LogP contribution in [0.3, 0.4) is 0 Å². The Morgan fingerprint density at radius 1 is 1.60 bits per heavy atom. The first-order valence-corrected chi connectivity index (χ1v) is 5.29. The molecule has 0 radical (unpaired) electrons. The van der Waals surface area contributed by atoms with E-state index in [1.165, 1.54) is 0 Å². The lowest BCUT2D eigenvalue weighted by Crippen LogP contribution is -2.56. The minimum atomic E-state index is -0.668. The molecule has 0 spiro atoms. The molecule has 6 heteroatoms. The van der Waals surface area contributed by atoms with Gasteiger partial charge in [-0.3, -0.25) is 0 Å². The lowest BCUT2D eigenvalue weighted by molar-refractivity contribution is 0.188. The molecular formula is C9H17N3O2S. The maximum Gasteiger partial charge on any atom is 0.315 e. The van der Waals surface area contributed by atoms with E-state index in [2.05, 4.69) is 10.6 Å². The normalized spacial score (nSPS) is 21.1. The van der Waals surface area contributed by atoms with Crippen LogP contribution in [-0.4, -0.2) is 35.8 Å². The van der Waals surface area contributed by atoms with Crippen molar-refractivity contribution < 1.29 is 9.53 Å². The Labute approximate surface area is 94.7 Å². The van der Waals surface area contributed by atoms with E-state index in [1.54, 1.807) is 13.8 Å². The summed E-state index contributed by atoms with van der Waals surface area (Å²) in [5, 5.41) is 5.51. The van der Waals surface area contributed by atoms with Crippen molar-refractivity contribution in [3.8, 4) is 0 Å². The topological polar surface area (TPSA) is 76.4 Å². The molecule has 1 atom stereocenters. The van der Waals surface area contributed by atoms with Crippen LogP contribution in [0.15, 0.2) is 0 Å². The van der Waals surface area contributed by atoms with Crippen LogP contribution in [0.25, 0.3) is 0 Å². The average Bonchev–Trinajstić information content (AvgIpc) is 2.54. The monoisotopic (exact) mass is 231 g/mol. The number of carbonyl (C=O) groups excluding carboxylic acids is 1. The summed E-state index contributed by atoms with van der Waals surface area (Å²) < 4.78 is 5.14. The number of rotatable bonds is 3. The summed E-state index contributed by atoms with van der Waals surface area (Å²) in [6.45, 7) is 4.80. The number of thiocarbonyl (C=S) groups is 1. The van der Waals surface area contributed by atoms with Crippen molar-refractivity contribution in [3.05, 3.63) is 0 Å². The van der Waals surface area contributed by atoms with Gasteiger partial charge in [-0.05, 0) is 20.3 Å². The molecule has 15 heavy (non-hydrogen) atoms. The van der Waals surface area contributed by atoms with Gasteiger partial charge in [-0.2, -0.15) is 0 Å². The van der Waals surface area contributed by atoms with Crippen LogP contribution in [0.2, 0.25) is 0 Å². The molecule has 0 saturated carbocycles. The molecule has 1 aliphatic rings. The van der Waals surface area contributed by atoms with Crippen LogP contribution in [-0.2, 0) is 4.74 Å². The Balaban J connectivity index is 2.38. The van der Waals surface area contributed by atoms with Crippen LogP contribution in [0.1, 0.15) is 20.3 Å². The summed E-state index contributed by atoms with van der Waals surface area (Å²) in [4.78, 5) is 11.8. The van der Waals surface area contributed by atoms with Gasteiger partial charge >= 0.3 is 6.03 Å². The Morgan fingerprint density at radius 2 is 2.27 bits per heavy atom. The summed E-state index contributed by atoms with van der Waals surface area (Å²) in [5.41, 5.74) is 4.82. The molecule has 0 bridgehead atoms. The van der Waals surface area contributed by atoms with Gasteiger partial charge in [-0.25, -0.2) is 4.79 Å². The molecule has 0 aromatic heterocycles. The number of amides is 2. The Kier molecular flexibility index (Phi) is 3.87. The first-order valence-electron chi connectivity index (χ1n) is 4.88. The molecular weight excluding hydrogens is 214 g/mol. The Morgan fingerprint density at radius 3 is 2.73 bits per heavy atom. The molecule has 1 fully saturated rings. The van der Waals surface area contributed by atoms with E-state index >= 15 is 0 Å². The fourth-order valence-corrected chi connectivity index (χ4v) is 1.27. The second-order valence-electron chi connectivity index (χ2n) is 4.15. The quantitative estimate of drug-likeness (QED) is 0.604. The van der Waals surface area contributed by atoms with Crippen molar-refractivity contribution in [1.29, 1.82) is 0 Å². The third kappa shape index (κ3) is 3.64. The van der Waals surface area contributed by atoms with Gasteiger partial charge < -0.3 is 21.1 Å². The largest absolute Gasteiger partial charge is 0.391 e. The molecule has 0 aliphatic carbocycles. The Bertz CT molecular complexity index is 262. The molecule has 1 saturated heterocycles. The highest BCUT2D eigenvalue weighted by molar-refractivity contribution is 7.80. The van der Waals surface area contributed by atoms with Gasteiger partial charge in [0.05, 0.1) is 23.2 Å². The molecule has 2 amide bonds. The van der Waals surface area contributed by atoms with Crippen molar-refractivity contribution in [2.75, 3.05) is 13.2 Å². The number of ether oxygens (including phenoxy) is 1. The summed E-state index contributed by atoms with van der Waals surface area (Å²) in [6, 6.07) is -0.171. The SMILES string of the molecule is CC(C)(NC(=O)NC1CCOC1)C(N)=S. The average molecular weight is 231 g/mol. The van der Waals surface area contributed by atoms with Crippen molar-refractivity contribution in [3.63, 3.8) is 0 Å². The van der Waals surface area contributed by atoms with E-state index in [0.29, 0.717) is 13.2 Å². The van der Waals surface area contributed by atoms with Gasteiger partial charge in [0.2, 0.25) is 0 Å². The summed E-state index contributed by atoms with van der Waals surface area (Å²) >= 11 is 4.84. The number of urea groups is 1. The van der Waals surface area contributed by atoms with Crippen LogP contribution in [0.4, 0.5) is 4.79 Å². The molecule has 1 heterocycles. The fraction of sp³-hybridized carbons (Fsp3) is 0.778. The lowest BCUT2D eigenvalue weighted by Gasteiger charge is -2.25. The number of hydrogen-bond donors (Lipinski definition) is 3. The summed E-state index contributed by atoms with van der Waals surface area (Å²) in [7, 11) is 0. The first-order chi connectivity index (χ1) is 6.92. The van der Waals surface area contributed by atoms with Crippen LogP contribution in [0, 0.1) is 0 Å². The van der Waals surface area contributed by atoms with Crippen LogP contribution in [0.5, 0.6) is 0 Å². The van der Waals surface area contributed by atoms with E-state index in [0.717, 1.165) is 6.42 Å². The summed E-state index contributed by atoms with van der Waals surface area (Å²) in [5.74, 6) is 0. The summed E-state index contributed by atoms with van der Waals surface area (Å²) in [6.07, 6.45) is 0.848. The van der Waals surface area contributed by atoms with Crippen LogP contribution >= 0.6 is 12.2 Å². The highest BCUT2D eigenvalue weighted by Gasteiger charge is 2.25.